The van der Waals surface area contributed by atoms with Crippen LogP contribution < -0.4 is 4.74 Å². The minimum absolute atomic E-state index is 0.0463. The Hall–Kier alpha value is -1.49. The van der Waals surface area contributed by atoms with E-state index in [1.807, 2.05) is 19.0 Å². The van der Waals surface area contributed by atoms with Crippen LogP contribution in [0.25, 0.3) is 0 Å². The number of carbonyl (C=O) groups excluding carboxylic acids is 1. The van der Waals surface area contributed by atoms with Crippen LogP contribution in [-0.4, -0.2) is 38.4 Å². The van der Waals surface area contributed by atoms with Crippen LogP contribution in [0.15, 0.2) is 12.1 Å². The van der Waals surface area contributed by atoms with Crippen LogP contribution in [0.3, 0.4) is 0 Å². The predicted molar refractivity (Wildman–Crippen MR) is 55.8 cm³/mol. The van der Waals surface area contributed by atoms with Crippen LogP contribution >= 0.6 is 0 Å². The fourth-order valence-corrected chi connectivity index (χ4v) is 1.12. The molecule has 0 radical (unpaired) electrons. The Bertz CT molecular complexity index is 357. The van der Waals surface area contributed by atoms with Crippen LogP contribution in [0, 0.1) is 11.6 Å². The van der Waals surface area contributed by atoms with E-state index < -0.39 is 17.4 Å². The smallest absolute Gasteiger partial charge is 0.190 e. The highest BCUT2D eigenvalue weighted by Gasteiger charge is 2.12. The summed E-state index contributed by atoms with van der Waals surface area (Å²) >= 11 is 0. The number of nitrogens with zero attached hydrogens (tertiary/aromatic N) is 1. The highest BCUT2D eigenvalue weighted by Crippen LogP contribution is 2.22. The van der Waals surface area contributed by atoms with Crippen LogP contribution in [0.1, 0.15) is 10.4 Å². The molecule has 88 valence electrons. The standard InChI is InChI=1S/C11H13F2NO2/c1-14(2)3-4-16-11-9(12)5-8(7-15)6-10(11)13/h5-7H,3-4H2,1-2H3. The molecule has 0 saturated carbocycles. The quantitative estimate of drug-likeness (QED) is 0.720. The number of hydrogen-bond acceptors (Lipinski definition) is 3. The summed E-state index contributed by atoms with van der Waals surface area (Å²) in [5.74, 6) is -2.16. The molecular formula is C11H13F2NO2. The Morgan fingerprint density at radius 3 is 2.31 bits per heavy atom. The predicted octanol–water partition coefficient (Wildman–Crippen LogP) is 1.72. The Morgan fingerprint density at radius 1 is 1.31 bits per heavy atom. The summed E-state index contributed by atoms with van der Waals surface area (Å²) in [5.41, 5.74) is -0.0463. The minimum Gasteiger partial charge on any atom is -0.486 e. The summed E-state index contributed by atoms with van der Waals surface area (Å²) in [6.45, 7) is 0.732. The second-order valence-corrected chi connectivity index (χ2v) is 3.58. The third-order valence-electron chi connectivity index (χ3n) is 1.94. The van der Waals surface area contributed by atoms with Crippen molar-refractivity contribution in [2.45, 2.75) is 0 Å². The van der Waals surface area contributed by atoms with Gasteiger partial charge in [-0.25, -0.2) is 8.78 Å². The molecule has 0 aliphatic carbocycles. The molecule has 0 unspecified atom stereocenters. The Kier molecular flexibility index (Phi) is 4.37. The first-order chi connectivity index (χ1) is 7.54. The Morgan fingerprint density at radius 2 is 1.88 bits per heavy atom. The zero-order valence-corrected chi connectivity index (χ0v) is 9.17. The van der Waals surface area contributed by atoms with E-state index in [1.165, 1.54) is 0 Å². The van der Waals surface area contributed by atoms with Crippen molar-refractivity contribution in [3.05, 3.63) is 29.3 Å². The average Bonchev–Trinajstić information content (AvgIpc) is 2.21. The summed E-state index contributed by atoms with van der Waals surface area (Å²) in [6, 6.07) is 1.89. The van der Waals surface area contributed by atoms with Crippen LogP contribution in [0.2, 0.25) is 0 Å². The van der Waals surface area contributed by atoms with Crippen molar-refractivity contribution in [3.8, 4) is 5.75 Å². The van der Waals surface area contributed by atoms with E-state index in [0.29, 0.717) is 12.8 Å². The lowest BCUT2D eigenvalue weighted by atomic mass is 10.2. The lowest BCUT2D eigenvalue weighted by Crippen LogP contribution is -2.20. The molecular weight excluding hydrogens is 216 g/mol. The van der Waals surface area contributed by atoms with E-state index in [0.717, 1.165) is 12.1 Å². The second kappa shape index (κ2) is 5.55. The summed E-state index contributed by atoms with van der Waals surface area (Å²) in [4.78, 5) is 12.2. The maximum atomic E-state index is 13.3. The third-order valence-corrected chi connectivity index (χ3v) is 1.94. The molecule has 0 atom stereocenters. The van der Waals surface area contributed by atoms with Gasteiger partial charge in [0.2, 0.25) is 0 Å². The lowest BCUT2D eigenvalue weighted by molar-refractivity contribution is 0.112. The summed E-state index contributed by atoms with van der Waals surface area (Å²) in [7, 11) is 3.65. The van der Waals surface area contributed by atoms with Gasteiger partial charge in [0.1, 0.15) is 12.9 Å². The number of benzene rings is 1. The van der Waals surface area contributed by atoms with Gasteiger partial charge in [-0.05, 0) is 26.2 Å². The SMILES string of the molecule is CN(C)CCOc1c(F)cc(C=O)cc1F. The van der Waals surface area contributed by atoms with Crippen LogP contribution in [-0.2, 0) is 0 Å². The number of hydrogen-bond donors (Lipinski definition) is 0. The molecule has 0 aromatic heterocycles. The van der Waals surface area contributed by atoms with E-state index in [-0.39, 0.29) is 12.2 Å². The summed E-state index contributed by atoms with van der Waals surface area (Å²) in [6.07, 6.45) is 0.385. The Labute approximate surface area is 92.6 Å². The lowest BCUT2D eigenvalue weighted by Gasteiger charge is -2.12. The van der Waals surface area contributed by atoms with Crippen molar-refractivity contribution in [2.24, 2.45) is 0 Å². The normalized spacial score (nSPS) is 10.6. The number of rotatable bonds is 5. The molecule has 0 spiro atoms. The Balaban J connectivity index is 2.76. The first kappa shape index (κ1) is 12.6. The van der Waals surface area contributed by atoms with Gasteiger partial charge < -0.3 is 9.64 Å². The van der Waals surface area contributed by atoms with Crippen molar-refractivity contribution >= 4 is 6.29 Å². The summed E-state index contributed by atoms with van der Waals surface area (Å²) in [5, 5.41) is 0. The largest absolute Gasteiger partial charge is 0.486 e. The van der Waals surface area contributed by atoms with E-state index in [9.17, 15) is 13.6 Å². The molecule has 1 aromatic carbocycles. The van der Waals surface area contributed by atoms with Gasteiger partial charge in [-0.1, -0.05) is 0 Å². The van der Waals surface area contributed by atoms with E-state index in [4.69, 9.17) is 4.74 Å². The van der Waals surface area contributed by atoms with Crippen molar-refractivity contribution in [3.63, 3.8) is 0 Å². The van der Waals surface area contributed by atoms with E-state index in [1.54, 1.807) is 0 Å². The molecule has 5 heteroatoms. The first-order valence-corrected chi connectivity index (χ1v) is 4.76. The van der Waals surface area contributed by atoms with Gasteiger partial charge in [-0.2, -0.15) is 0 Å². The molecule has 0 aliphatic heterocycles. The average molecular weight is 229 g/mol. The van der Waals surface area contributed by atoms with Crippen molar-refractivity contribution in [2.75, 3.05) is 27.2 Å². The van der Waals surface area contributed by atoms with Gasteiger partial charge in [0, 0.05) is 12.1 Å². The fraction of sp³-hybridized carbons (Fsp3) is 0.364. The van der Waals surface area contributed by atoms with Gasteiger partial charge in [-0.15, -0.1) is 0 Å². The molecule has 1 aromatic rings. The van der Waals surface area contributed by atoms with Gasteiger partial charge in [-0.3, -0.25) is 4.79 Å². The van der Waals surface area contributed by atoms with Gasteiger partial charge in [0.15, 0.2) is 17.4 Å². The molecule has 1 rings (SSSR count). The molecule has 3 nitrogen and oxygen atoms in total. The van der Waals surface area contributed by atoms with Crippen molar-refractivity contribution < 1.29 is 18.3 Å². The molecule has 16 heavy (non-hydrogen) atoms. The molecule has 0 saturated heterocycles. The number of halogens is 2. The third kappa shape index (κ3) is 3.27. The highest BCUT2D eigenvalue weighted by molar-refractivity contribution is 5.75. The van der Waals surface area contributed by atoms with Crippen LogP contribution in [0.5, 0.6) is 5.75 Å². The number of carbonyl (C=O) groups is 1. The zero-order valence-electron chi connectivity index (χ0n) is 9.17. The maximum absolute atomic E-state index is 13.3. The second-order valence-electron chi connectivity index (χ2n) is 3.58. The molecule has 0 heterocycles. The molecule has 0 N–H and O–H groups in total. The molecule has 0 aliphatic rings. The maximum Gasteiger partial charge on any atom is 0.190 e. The summed E-state index contributed by atoms with van der Waals surface area (Å²) < 4.78 is 31.5. The number of ether oxygens (including phenoxy) is 1. The van der Waals surface area contributed by atoms with E-state index >= 15 is 0 Å². The zero-order chi connectivity index (χ0) is 12.1. The van der Waals surface area contributed by atoms with Crippen molar-refractivity contribution in [1.82, 2.24) is 4.90 Å². The first-order valence-electron chi connectivity index (χ1n) is 4.76. The highest BCUT2D eigenvalue weighted by atomic mass is 19.1. The monoisotopic (exact) mass is 229 g/mol. The molecule has 0 bridgehead atoms. The van der Waals surface area contributed by atoms with Gasteiger partial charge in [0.25, 0.3) is 0 Å². The fourth-order valence-electron chi connectivity index (χ4n) is 1.12. The van der Waals surface area contributed by atoms with Crippen molar-refractivity contribution in [1.29, 1.82) is 0 Å². The van der Waals surface area contributed by atoms with Crippen LogP contribution in [0.4, 0.5) is 8.78 Å². The molecule has 0 amide bonds. The minimum atomic E-state index is -0.860. The topological polar surface area (TPSA) is 29.5 Å². The van der Waals surface area contributed by atoms with E-state index in [2.05, 4.69) is 0 Å². The molecule has 0 fully saturated rings. The number of likely N-dealkylation sites (N-methyl/N-ethyl adjacent to an activating group) is 1. The van der Waals surface area contributed by atoms with Gasteiger partial charge in [0.05, 0.1) is 0 Å². The van der Waals surface area contributed by atoms with Gasteiger partial charge >= 0.3 is 0 Å². The number of aldehydes is 1.